The number of nitro groups is 1. The maximum atomic E-state index is 13.0. The zero-order chi connectivity index (χ0) is 27.4. The highest BCUT2D eigenvalue weighted by atomic mass is 127. The smallest absolute Gasteiger partial charge is 0.293 e. The summed E-state index contributed by atoms with van der Waals surface area (Å²) in [7, 11) is 0. The van der Waals surface area contributed by atoms with Gasteiger partial charge in [-0.05, 0) is 100 Å². The van der Waals surface area contributed by atoms with E-state index in [1.807, 2.05) is 13.0 Å². The topological polar surface area (TPSA) is 99.0 Å². The summed E-state index contributed by atoms with van der Waals surface area (Å²) in [6.07, 6.45) is 1.64. The van der Waals surface area contributed by atoms with Gasteiger partial charge in [0.05, 0.1) is 36.6 Å². The van der Waals surface area contributed by atoms with Crippen molar-refractivity contribution in [2.45, 2.75) is 20.1 Å². The second kappa shape index (κ2) is 12.4. The van der Waals surface area contributed by atoms with Crippen LogP contribution in [0.1, 0.15) is 23.6 Å². The largest absolute Gasteiger partial charge is 0.490 e. The minimum absolute atomic E-state index is 0.00377. The number of halogens is 3. The zero-order valence-electron chi connectivity index (χ0n) is 19.8. The molecule has 2 amide bonds. The number of nitrogens with zero attached hydrogens (tertiary/aromatic N) is 2. The number of hydrogen-bond acceptors (Lipinski definition) is 7. The minimum Gasteiger partial charge on any atom is -0.490 e. The van der Waals surface area contributed by atoms with Gasteiger partial charge < -0.3 is 9.47 Å². The summed E-state index contributed by atoms with van der Waals surface area (Å²) in [5, 5.41) is 11.2. The zero-order valence-corrected chi connectivity index (χ0v) is 24.3. The molecule has 0 radical (unpaired) electrons. The molecule has 0 atom stereocenters. The standard InChI is InChI=1S/C26H19Cl2IN2O6S/c1-2-36-22-11-17(10-21(29)24(22)37-14-15-3-6-18(7-4-15)31(34)35)12-23-25(32)30(26(33)38-23)13-16-5-8-19(27)20(28)9-16/h3-12H,2,13-14H2,1H3/b23-12+. The maximum Gasteiger partial charge on any atom is 0.293 e. The van der Waals surface area contributed by atoms with Gasteiger partial charge in [0.2, 0.25) is 0 Å². The van der Waals surface area contributed by atoms with E-state index >= 15 is 0 Å². The molecule has 12 heteroatoms. The molecule has 38 heavy (non-hydrogen) atoms. The lowest BCUT2D eigenvalue weighted by Crippen LogP contribution is -2.27. The number of thioether (sulfide) groups is 1. The van der Waals surface area contributed by atoms with Gasteiger partial charge in [0.25, 0.3) is 16.8 Å². The van der Waals surface area contributed by atoms with Gasteiger partial charge in [0.1, 0.15) is 6.61 Å². The number of imide groups is 1. The Hall–Kier alpha value is -2.80. The Labute approximate surface area is 246 Å². The molecule has 0 bridgehead atoms. The molecular formula is C26H19Cl2IN2O6S. The Morgan fingerprint density at radius 3 is 2.39 bits per heavy atom. The SMILES string of the molecule is CCOc1cc(/C=C2/SC(=O)N(Cc3ccc(Cl)c(Cl)c3)C2=O)cc(I)c1OCc1ccc([N+](=O)[O-])cc1. The fourth-order valence-corrected chi connectivity index (χ4v) is 5.49. The van der Waals surface area contributed by atoms with Crippen molar-refractivity contribution in [3.8, 4) is 11.5 Å². The molecule has 1 saturated heterocycles. The van der Waals surface area contributed by atoms with Gasteiger partial charge in [-0.2, -0.15) is 0 Å². The molecule has 0 spiro atoms. The second-order valence-electron chi connectivity index (χ2n) is 7.99. The van der Waals surface area contributed by atoms with Crippen molar-refractivity contribution in [3.63, 3.8) is 0 Å². The van der Waals surface area contributed by atoms with E-state index in [4.69, 9.17) is 32.7 Å². The van der Waals surface area contributed by atoms with E-state index in [1.165, 1.54) is 12.1 Å². The Morgan fingerprint density at radius 2 is 1.74 bits per heavy atom. The summed E-state index contributed by atoms with van der Waals surface area (Å²) in [5.74, 6) is 0.579. The Morgan fingerprint density at radius 1 is 1.03 bits per heavy atom. The predicted octanol–water partition coefficient (Wildman–Crippen LogP) is 7.72. The number of amides is 2. The van der Waals surface area contributed by atoms with Crippen molar-refractivity contribution in [1.29, 1.82) is 0 Å². The van der Waals surface area contributed by atoms with Crippen LogP contribution in [-0.2, 0) is 17.9 Å². The van der Waals surface area contributed by atoms with Gasteiger partial charge in [-0.25, -0.2) is 0 Å². The van der Waals surface area contributed by atoms with E-state index in [0.29, 0.717) is 39.3 Å². The van der Waals surface area contributed by atoms with E-state index in [0.717, 1.165) is 25.8 Å². The number of hydrogen-bond donors (Lipinski definition) is 0. The van der Waals surface area contributed by atoms with Crippen LogP contribution >= 0.6 is 57.6 Å². The van der Waals surface area contributed by atoms with Crippen molar-refractivity contribution in [1.82, 2.24) is 4.90 Å². The van der Waals surface area contributed by atoms with Crippen molar-refractivity contribution in [2.75, 3.05) is 6.61 Å². The van der Waals surface area contributed by atoms with Gasteiger partial charge in [-0.3, -0.25) is 24.6 Å². The van der Waals surface area contributed by atoms with E-state index in [-0.39, 0.29) is 29.0 Å². The van der Waals surface area contributed by atoms with Crippen LogP contribution in [0.25, 0.3) is 6.08 Å². The van der Waals surface area contributed by atoms with E-state index in [2.05, 4.69) is 22.6 Å². The van der Waals surface area contributed by atoms with Crippen LogP contribution in [0, 0.1) is 13.7 Å². The average molecular weight is 685 g/mol. The van der Waals surface area contributed by atoms with Crippen LogP contribution in [0.15, 0.2) is 59.5 Å². The number of non-ortho nitro benzene ring substituents is 1. The number of carbonyl (C=O) groups excluding carboxylic acids is 2. The van der Waals surface area contributed by atoms with Crippen molar-refractivity contribution >= 4 is 80.5 Å². The third kappa shape index (κ3) is 6.60. The van der Waals surface area contributed by atoms with E-state index < -0.39 is 10.8 Å². The van der Waals surface area contributed by atoms with Crippen molar-refractivity contribution < 1.29 is 24.0 Å². The van der Waals surface area contributed by atoms with E-state index in [1.54, 1.807) is 42.5 Å². The molecule has 1 fully saturated rings. The lowest BCUT2D eigenvalue weighted by Gasteiger charge is -2.15. The molecule has 1 aliphatic heterocycles. The summed E-state index contributed by atoms with van der Waals surface area (Å²) in [4.78, 5) is 37.5. The first-order valence-corrected chi connectivity index (χ1v) is 13.8. The molecule has 8 nitrogen and oxygen atoms in total. The molecule has 0 aromatic heterocycles. The van der Waals surface area contributed by atoms with Crippen LogP contribution in [-0.4, -0.2) is 27.6 Å². The number of rotatable bonds is 9. The molecule has 1 heterocycles. The first-order valence-electron chi connectivity index (χ1n) is 11.2. The molecule has 0 saturated carbocycles. The Balaban J connectivity index is 1.53. The van der Waals surface area contributed by atoms with Gasteiger partial charge >= 0.3 is 0 Å². The highest BCUT2D eigenvalue weighted by Crippen LogP contribution is 2.38. The monoisotopic (exact) mass is 684 g/mol. The number of carbonyl (C=O) groups is 2. The van der Waals surface area contributed by atoms with Crippen LogP contribution < -0.4 is 9.47 Å². The maximum absolute atomic E-state index is 13.0. The molecule has 4 rings (SSSR count). The van der Waals surface area contributed by atoms with Crippen LogP contribution in [0.2, 0.25) is 10.0 Å². The van der Waals surface area contributed by atoms with Crippen molar-refractivity contribution in [3.05, 3.63) is 99.9 Å². The first-order chi connectivity index (χ1) is 18.2. The number of nitro benzene ring substituents is 1. The fraction of sp³-hybridized carbons (Fsp3) is 0.154. The summed E-state index contributed by atoms with van der Waals surface area (Å²) in [5.41, 5.74) is 2.11. The van der Waals surface area contributed by atoms with Gasteiger partial charge in [0, 0.05) is 12.1 Å². The lowest BCUT2D eigenvalue weighted by atomic mass is 10.1. The van der Waals surface area contributed by atoms with E-state index in [9.17, 15) is 19.7 Å². The third-order valence-electron chi connectivity index (χ3n) is 5.36. The van der Waals surface area contributed by atoms with Crippen molar-refractivity contribution in [2.24, 2.45) is 0 Å². The van der Waals surface area contributed by atoms with Gasteiger partial charge in [-0.1, -0.05) is 29.3 Å². The normalized spacial score (nSPS) is 14.3. The summed E-state index contributed by atoms with van der Waals surface area (Å²) in [6, 6.07) is 14.6. The molecule has 1 aliphatic rings. The summed E-state index contributed by atoms with van der Waals surface area (Å²) >= 11 is 15.0. The molecule has 0 aliphatic carbocycles. The average Bonchev–Trinajstić information content (AvgIpc) is 3.13. The molecule has 0 unspecified atom stereocenters. The quantitative estimate of drug-likeness (QED) is 0.0985. The molecule has 196 valence electrons. The fourth-order valence-electron chi connectivity index (χ4n) is 3.55. The molecule has 3 aromatic rings. The highest BCUT2D eigenvalue weighted by molar-refractivity contribution is 14.1. The van der Waals surface area contributed by atoms with Crippen LogP contribution in [0.5, 0.6) is 11.5 Å². The third-order valence-corrected chi connectivity index (χ3v) is 7.81. The summed E-state index contributed by atoms with van der Waals surface area (Å²) < 4.78 is 12.5. The molecule has 0 N–H and O–H groups in total. The Kier molecular flexibility index (Phi) is 9.19. The van der Waals surface area contributed by atoms with Crippen LogP contribution in [0.3, 0.4) is 0 Å². The molecular weight excluding hydrogens is 666 g/mol. The summed E-state index contributed by atoms with van der Waals surface area (Å²) in [6.45, 7) is 2.48. The van der Waals surface area contributed by atoms with Gasteiger partial charge in [0.15, 0.2) is 11.5 Å². The lowest BCUT2D eigenvalue weighted by molar-refractivity contribution is -0.384. The molecule has 3 aromatic carbocycles. The second-order valence-corrected chi connectivity index (χ2v) is 11.0. The van der Waals surface area contributed by atoms with Gasteiger partial charge in [-0.15, -0.1) is 0 Å². The first kappa shape index (κ1) is 28.2. The Bertz CT molecular complexity index is 1450. The number of ether oxygens (including phenoxy) is 2. The highest BCUT2D eigenvalue weighted by Gasteiger charge is 2.35. The predicted molar refractivity (Wildman–Crippen MR) is 156 cm³/mol. The van der Waals surface area contributed by atoms with Crippen LogP contribution in [0.4, 0.5) is 10.5 Å². The minimum atomic E-state index is -0.457. The number of benzene rings is 3.